The van der Waals surface area contributed by atoms with Gasteiger partial charge in [0, 0.05) is 30.2 Å². The molecule has 0 aliphatic rings. The molecule has 16 heavy (non-hydrogen) atoms. The van der Waals surface area contributed by atoms with Crippen LogP contribution >= 0.6 is 0 Å². The van der Waals surface area contributed by atoms with Crippen molar-refractivity contribution in [2.75, 3.05) is 0 Å². The lowest BCUT2D eigenvalue weighted by molar-refractivity contribution is 0.665. The number of nitrogens with two attached hydrogens (primary N) is 1. The maximum Gasteiger partial charge on any atom is 0.0485 e. The van der Waals surface area contributed by atoms with Crippen LogP contribution in [0.3, 0.4) is 0 Å². The lowest BCUT2D eigenvalue weighted by atomic mass is 10.1. The highest BCUT2D eigenvalue weighted by molar-refractivity contribution is 5.82. The zero-order valence-corrected chi connectivity index (χ0v) is 10.3. The van der Waals surface area contributed by atoms with Crippen molar-refractivity contribution in [2.45, 2.75) is 39.8 Å². The van der Waals surface area contributed by atoms with E-state index in [0.29, 0.717) is 0 Å². The van der Waals surface area contributed by atoms with Gasteiger partial charge >= 0.3 is 0 Å². The Kier molecular flexibility index (Phi) is 3.01. The molecule has 2 rings (SSSR count). The predicted molar refractivity (Wildman–Crippen MR) is 69.7 cm³/mol. The van der Waals surface area contributed by atoms with Crippen molar-refractivity contribution in [3.63, 3.8) is 0 Å². The summed E-state index contributed by atoms with van der Waals surface area (Å²) in [6.45, 7) is 7.39. The van der Waals surface area contributed by atoms with Crippen LogP contribution in [0, 0.1) is 6.92 Å². The minimum absolute atomic E-state index is 0.218. The molecule has 0 radical (unpaired) electrons. The number of hydrogen-bond acceptors (Lipinski definition) is 1. The maximum atomic E-state index is 5.89. The van der Waals surface area contributed by atoms with E-state index in [1.54, 1.807) is 0 Å². The van der Waals surface area contributed by atoms with Crippen molar-refractivity contribution in [3.05, 3.63) is 35.5 Å². The van der Waals surface area contributed by atoms with Crippen molar-refractivity contribution in [1.82, 2.24) is 4.57 Å². The number of rotatable bonds is 3. The van der Waals surface area contributed by atoms with E-state index in [1.807, 2.05) is 0 Å². The Bertz CT molecular complexity index is 495. The fourth-order valence-corrected chi connectivity index (χ4v) is 2.29. The third kappa shape index (κ3) is 1.98. The fourth-order valence-electron chi connectivity index (χ4n) is 2.29. The molecule has 0 spiro atoms. The normalized spacial score (nSPS) is 13.2. The third-order valence-electron chi connectivity index (χ3n) is 2.99. The van der Waals surface area contributed by atoms with Gasteiger partial charge in [0.2, 0.25) is 0 Å². The molecule has 0 saturated heterocycles. The average Bonchev–Trinajstić information content (AvgIpc) is 2.53. The first-order chi connectivity index (χ1) is 7.61. The van der Waals surface area contributed by atoms with E-state index in [0.717, 1.165) is 13.0 Å². The Labute approximate surface area is 97.1 Å². The maximum absolute atomic E-state index is 5.89. The van der Waals surface area contributed by atoms with Crippen molar-refractivity contribution in [3.8, 4) is 0 Å². The molecule has 2 N–H and O–H groups in total. The zero-order chi connectivity index (χ0) is 11.7. The van der Waals surface area contributed by atoms with Crippen LogP contribution in [0.15, 0.2) is 24.3 Å². The first-order valence-corrected chi connectivity index (χ1v) is 5.96. The molecule has 0 amide bonds. The summed E-state index contributed by atoms with van der Waals surface area (Å²) in [7, 11) is 0. The highest BCUT2D eigenvalue weighted by atomic mass is 15.0. The number of nitrogens with zero attached hydrogens (tertiary/aromatic N) is 1. The summed E-state index contributed by atoms with van der Waals surface area (Å²) in [6, 6.07) is 9.10. The minimum atomic E-state index is 0.218. The highest BCUT2D eigenvalue weighted by Gasteiger charge is 2.08. The van der Waals surface area contributed by atoms with Gasteiger partial charge in [-0.3, -0.25) is 0 Å². The number of benzene rings is 1. The number of fused-ring (bicyclic) bond motifs is 1. The second kappa shape index (κ2) is 4.30. The van der Waals surface area contributed by atoms with Gasteiger partial charge in [-0.15, -0.1) is 0 Å². The van der Waals surface area contributed by atoms with Gasteiger partial charge in [0.15, 0.2) is 0 Å². The first-order valence-electron chi connectivity index (χ1n) is 5.96. The van der Waals surface area contributed by atoms with E-state index in [1.165, 1.54) is 22.2 Å². The van der Waals surface area contributed by atoms with Gasteiger partial charge in [0.05, 0.1) is 0 Å². The molecule has 2 heteroatoms. The van der Waals surface area contributed by atoms with Crippen molar-refractivity contribution in [1.29, 1.82) is 0 Å². The monoisotopic (exact) mass is 216 g/mol. The smallest absolute Gasteiger partial charge is 0.0485 e. The molecule has 2 nitrogen and oxygen atoms in total. The topological polar surface area (TPSA) is 30.9 Å². The first kappa shape index (κ1) is 11.2. The van der Waals surface area contributed by atoms with E-state index in [9.17, 15) is 0 Å². The Hall–Kier alpha value is -1.28. The largest absolute Gasteiger partial charge is 0.345 e. The number of aryl methyl sites for hydroxylation is 2. The van der Waals surface area contributed by atoms with Gasteiger partial charge in [-0.1, -0.05) is 12.1 Å². The predicted octanol–water partition coefficient (Wildman–Crippen LogP) is 2.86. The van der Waals surface area contributed by atoms with Gasteiger partial charge in [-0.2, -0.15) is 0 Å². The molecule has 1 atom stereocenters. The molecule has 1 aromatic heterocycles. The minimum Gasteiger partial charge on any atom is -0.345 e. The van der Waals surface area contributed by atoms with E-state index in [2.05, 4.69) is 49.6 Å². The molecular weight excluding hydrogens is 196 g/mol. The van der Waals surface area contributed by atoms with Gasteiger partial charge in [0.25, 0.3) is 0 Å². The summed E-state index contributed by atoms with van der Waals surface area (Å²) in [4.78, 5) is 0. The summed E-state index contributed by atoms with van der Waals surface area (Å²) in [5, 5.41) is 1.32. The summed E-state index contributed by atoms with van der Waals surface area (Å²) >= 11 is 0. The van der Waals surface area contributed by atoms with Crippen LogP contribution in [0.5, 0.6) is 0 Å². The quantitative estimate of drug-likeness (QED) is 0.840. The van der Waals surface area contributed by atoms with Crippen LogP contribution < -0.4 is 5.73 Å². The third-order valence-corrected chi connectivity index (χ3v) is 2.99. The molecule has 0 saturated carbocycles. The zero-order valence-electron chi connectivity index (χ0n) is 10.3. The van der Waals surface area contributed by atoms with E-state index >= 15 is 0 Å². The van der Waals surface area contributed by atoms with Gasteiger partial charge in [0.1, 0.15) is 0 Å². The Morgan fingerprint density at radius 3 is 2.69 bits per heavy atom. The number of hydrogen-bond donors (Lipinski definition) is 1. The summed E-state index contributed by atoms with van der Waals surface area (Å²) in [5.41, 5.74) is 9.88. The molecular formula is C14H20N2. The van der Waals surface area contributed by atoms with Crippen LogP contribution in [-0.4, -0.2) is 10.6 Å². The molecule has 0 fully saturated rings. The van der Waals surface area contributed by atoms with E-state index in [4.69, 9.17) is 5.73 Å². The summed E-state index contributed by atoms with van der Waals surface area (Å²) < 4.78 is 2.37. The Morgan fingerprint density at radius 1 is 1.31 bits per heavy atom. The molecule has 1 aromatic carbocycles. The van der Waals surface area contributed by atoms with Crippen molar-refractivity contribution in [2.24, 2.45) is 5.73 Å². The molecule has 86 valence electrons. The molecule has 0 aliphatic heterocycles. The molecule has 0 bridgehead atoms. The lowest BCUT2D eigenvalue weighted by Gasteiger charge is -2.10. The molecule has 2 aromatic rings. The van der Waals surface area contributed by atoms with Crippen molar-refractivity contribution < 1.29 is 0 Å². The standard InChI is InChI=1S/C14H20N2/c1-4-16-13(8-11(3)15)9-12-6-5-10(2)7-14(12)16/h5-7,9,11H,4,8,15H2,1-3H3. The SMILES string of the molecule is CCn1c(CC(C)N)cc2ccc(C)cc21. The Balaban J connectivity index is 2.57. The summed E-state index contributed by atoms with van der Waals surface area (Å²) in [6.07, 6.45) is 0.946. The van der Waals surface area contributed by atoms with Crippen LogP contribution in [0.2, 0.25) is 0 Å². The second-order valence-corrected chi connectivity index (χ2v) is 4.62. The lowest BCUT2D eigenvalue weighted by Crippen LogP contribution is -2.19. The van der Waals surface area contributed by atoms with Crippen LogP contribution in [0.1, 0.15) is 25.1 Å². The van der Waals surface area contributed by atoms with E-state index in [-0.39, 0.29) is 6.04 Å². The van der Waals surface area contributed by atoms with Gasteiger partial charge in [-0.05, 0) is 43.9 Å². The van der Waals surface area contributed by atoms with Crippen LogP contribution in [0.4, 0.5) is 0 Å². The van der Waals surface area contributed by atoms with Gasteiger partial charge < -0.3 is 10.3 Å². The van der Waals surface area contributed by atoms with Gasteiger partial charge in [-0.25, -0.2) is 0 Å². The Morgan fingerprint density at radius 2 is 2.06 bits per heavy atom. The van der Waals surface area contributed by atoms with Crippen LogP contribution in [-0.2, 0) is 13.0 Å². The molecule has 0 aliphatic carbocycles. The van der Waals surface area contributed by atoms with E-state index < -0.39 is 0 Å². The molecule has 1 heterocycles. The highest BCUT2D eigenvalue weighted by Crippen LogP contribution is 2.22. The fraction of sp³-hybridized carbons (Fsp3) is 0.429. The summed E-state index contributed by atoms with van der Waals surface area (Å²) in [5.74, 6) is 0. The van der Waals surface area contributed by atoms with Crippen molar-refractivity contribution >= 4 is 10.9 Å². The second-order valence-electron chi connectivity index (χ2n) is 4.62. The molecule has 1 unspecified atom stereocenters. The average molecular weight is 216 g/mol. The number of aromatic nitrogens is 1. The van der Waals surface area contributed by atoms with Crippen LogP contribution in [0.25, 0.3) is 10.9 Å².